The van der Waals surface area contributed by atoms with E-state index in [1.54, 1.807) is 11.3 Å². The fourth-order valence-corrected chi connectivity index (χ4v) is 4.04. The summed E-state index contributed by atoms with van der Waals surface area (Å²) in [5.41, 5.74) is 0.443. The Hall–Kier alpha value is -1.45. The number of amides is 1. The monoisotopic (exact) mass is 431 g/mol. The van der Waals surface area contributed by atoms with Crippen molar-refractivity contribution in [1.29, 1.82) is 0 Å². The van der Waals surface area contributed by atoms with Crippen LogP contribution in [0.2, 0.25) is 0 Å². The molecular formula is C18H26ClN3O3S2. The molecule has 0 bridgehead atoms. The fourth-order valence-electron chi connectivity index (χ4n) is 2.30. The third-order valence-corrected chi connectivity index (χ3v) is 6.10. The van der Waals surface area contributed by atoms with Gasteiger partial charge in [-0.1, -0.05) is 13.0 Å². The lowest BCUT2D eigenvalue weighted by Gasteiger charge is -2.08. The highest BCUT2D eigenvalue weighted by atomic mass is 35.5. The van der Waals surface area contributed by atoms with Crippen molar-refractivity contribution in [2.75, 3.05) is 26.2 Å². The molecule has 2 rings (SSSR count). The smallest absolute Gasteiger partial charge is 0.251 e. The lowest BCUT2D eigenvalue weighted by molar-refractivity contribution is 0.0954. The number of carbonyl (C=O) groups excluding carboxylic acids is 1. The standard InChI is InChI=1S/C18H25N3O3S2.ClH/c1-2-10-19-12-13-20-18(22)15-5-7-17(8-6-15)26(23,24)21-11-9-16-4-3-14-25-16;/h3-8,14,19,21H,2,9-13H2,1H3,(H,20,22);1H. The number of rotatable bonds is 11. The van der Waals surface area contributed by atoms with Crippen LogP contribution in [-0.4, -0.2) is 40.5 Å². The van der Waals surface area contributed by atoms with Crippen molar-refractivity contribution >= 4 is 39.7 Å². The topological polar surface area (TPSA) is 87.3 Å². The second kappa shape index (κ2) is 12.1. The molecular weight excluding hydrogens is 406 g/mol. The normalized spacial score (nSPS) is 11.0. The van der Waals surface area contributed by atoms with Crippen LogP contribution in [0.15, 0.2) is 46.7 Å². The van der Waals surface area contributed by atoms with Crippen molar-refractivity contribution < 1.29 is 13.2 Å². The third-order valence-electron chi connectivity index (χ3n) is 3.68. The number of hydrogen-bond acceptors (Lipinski definition) is 5. The van der Waals surface area contributed by atoms with Gasteiger partial charge < -0.3 is 10.6 Å². The van der Waals surface area contributed by atoms with Gasteiger partial charge in [0.2, 0.25) is 10.0 Å². The van der Waals surface area contributed by atoms with Gasteiger partial charge in [-0.05, 0) is 55.1 Å². The van der Waals surface area contributed by atoms with Gasteiger partial charge in [0.15, 0.2) is 0 Å². The van der Waals surface area contributed by atoms with E-state index >= 15 is 0 Å². The molecule has 1 heterocycles. The quantitative estimate of drug-likeness (QED) is 0.477. The molecule has 0 radical (unpaired) electrons. The molecule has 6 nitrogen and oxygen atoms in total. The largest absolute Gasteiger partial charge is 0.351 e. The van der Waals surface area contributed by atoms with E-state index in [0.717, 1.165) is 17.8 Å². The van der Waals surface area contributed by atoms with Crippen LogP contribution in [0.4, 0.5) is 0 Å². The minimum atomic E-state index is -3.57. The molecule has 1 aromatic carbocycles. The molecule has 9 heteroatoms. The van der Waals surface area contributed by atoms with Gasteiger partial charge >= 0.3 is 0 Å². The van der Waals surface area contributed by atoms with Crippen LogP contribution in [0, 0.1) is 0 Å². The van der Waals surface area contributed by atoms with E-state index in [2.05, 4.69) is 22.3 Å². The molecule has 0 atom stereocenters. The summed E-state index contributed by atoms with van der Waals surface area (Å²) in [4.78, 5) is 13.3. The van der Waals surface area contributed by atoms with Crippen molar-refractivity contribution in [3.8, 4) is 0 Å². The predicted octanol–water partition coefficient (Wildman–Crippen LogP) is 2.42. The summed E-state index contributed by atoms with van der Waals surface area (Å²) in [6.45, 7) is 4.58. The number of sulfonamides is 1. The van der Waals surface area contributed by atoms with Crippen molar-refractivity contribution in [3.05, 3.63) is 52.2 Å². The van der Waals surface area contributed by atoms with Crippen LogP contribution in [0.1, 0.15) is 28.6 Å². The van der Waals surface area contributed by atoms with E-state index in [4.69, 9.17) is 0 Å². The Balaban J connectivity index is 0.00000364. The van der Waals surface area contributed by atoms with E-state index in [-0.39, 0.29) is 23.2 Å². The van der Waals surface area contributed by atoms with Gasteiger partial charge in [-0.25, -0.2) is 13.1 Å². The van der Waals surface area contributed by atoms with Crippen LogP contribution in [-0.2, 0) is 16.4 Å². The van der Waals surface area contributed by atoms with Gasteiger partial charge in [0.1, 0.15) is 0 Å². The predicted molar refractivity (Wildman–Crippen MR) is 112 cm³/mol. The molecule has 0 fully saturated rings. The summed E-state index contributed by atoms with van der Waals surface area (Å²) in [7, 11) is -3.57. The number of thiophene rings is 1. The summed E-state index contributed by atoms with van der Waals surface area (Å²) < 4.78 is 27.2. The van der Waals surface area contributed by atoms with Crippen molar-refractivity contribution in [1.82, 2.24) is 15.4 Å². The molecule has 0 aliphatic carbocycles. The molecule has 1 amide bonds. The molecule has 0 aliphatic heterocycles. The van der Waals surface area contributed by atoms with Gasteiger partial charge in [0, 0.05) is 30.1 Å². The Morgan fingerprint density at radius 1 is 1.04 bits per heavy atom. The molecule has 150 valence electrons. The Bertz CT molecular complexity index is 779. The van der Waals surface area contributed by atoms with Crippen LogP contribution < -0.4 is 15.4 Å². The molecule has 0 spiro atoms. The van der Waals surface area contributed by atoms with Crippen LogP contribution >= 0.6 is 23.7 Å². The first-order valence-corrected chi connectivity index (χ1v) is 11.0. The number of nitrogens with one attached hydrogen (secondary N) is 3. The summed E-state index contributed by atoms with van der Waals surface area (Å²) in [6.07, 6.45) is 1.70. The molecule has 3 N–H and O–H groups in total. The fraction of sp³-hybridized carbons (Fsp3) is 0.389. The second-order valence-corrected chi connectivity index (χ2v) is 8.56. The maximum Gasteiger partial charge on any atom is 0.251 e. The van der Waals surface area contributed by atoms with Crippen molar-refractivity contribution in [2.24, 2.45) is 0 Å². The first-order valence-electron chi connectivity index (χ1n) is 8.64. The van der Waals surface area contributed by atoms with Crippen molar-refractivity contribution in [2.45, 2.75) is 24.7 Å². The van der Waals surface area contributed by atoms with Crippen LogP contribution in [0.25, 0.3) is 0 Å². The maximum atomic E-state index is 12.3. The minimum absolute atomic E-state index is 0. The first kappa shape index (κ1) is 23.6. The highest BCUT2D eigenvalue weighted by Crippen LogP contribution is 2.12. The van der Waals surface area contributed by atoms with E-state index in [1.165, 1.54) is 24.3 Å². The summed E-state index contributed by atoms with van der Waals surface area (Å²) >= 11 is 1.60. The average molecular weight is 432 g/mol. The Morgan fingerprint density at radius 3 is 2.41 bits per heavy atom. The summed E-state index contributed by atoms with van der Waals surface area (Å²) in [5, 5.41) is 7.97. The van der Waals surface area contributed by atoms with Crippen molar-refractivity contribution in [3.63, 3.8) is 0 Å². The Kier molecular flexibility index (Phi) is 10.6. The Labute approximate surface area is 171 Å². The number of halogens is 1. The van der Waals surface area contributed by atoms with Gasteiger partial charge in [0.05, 0.1) is 4.90 Å². The van der Waals surface area contributed by atoms with Gasteiger partial charge in [-0.3, -0.25) is 4.79 Å². The first-order chi connectivity index (χ1) is 12.5. The third kappa shape index (κ3) is 7.98. The molecule has 0 unspecified atom stereocenters. The molecule has 1 aromatic heterocycles. The Morgan fingerprint density at radius 2 is 1.78 bits per heavy atom. The second-order valence-electron chi connectivity index (χ2n) is 5.76. The highest BCUT2D eigenvalue weighted by Gasteiger charge is 2.14. The van der Waals surface area contributed by atoms with Gasteiger partial charge in [0.25, 0.3) is 5.91 Å². The van der Waals surface area contributed by atoms with Gasteiger partial charge in [-0.2, -0.15) is 0 Å². The summed E-state index contributed by atoms with van der Waals surface area (Å²) in [5.74, 6) is -0.210. The number of benzene rings is 1. The van der Waals surface area contributed by atoms with E-state index in [0.29, 0.717) is 31.6 Å². The van der Waals surface area contributed by atoms with Crippen LogP contribution in [0.5, 0.6) is 0 Å². The molecule has 27 heavy (non-hydrogen) atoms. The minimum Gasteiger partial charge on any atom is -0.351 e. The van der Waals surface area contributed by atoms with E-state index in [9.17, 15) is 13.2 Å². The average Bonchev–Trinajstić information content (AvgIpc) is 3.15. The SMILES string of the molecule is CCCNCCNC(=O)c1ccc(S(=O)(=O)NCCc2cccs2)cc1.Cl. The number of carbonyl (C=O) groups is 1. The zero-order valence-electron chi connectivity index (χ0n) is 15.2. The maximum absolute atomic E-state index is 12.3. The molecule has 0 saturated heterocycles. The van der Waals surface area contributed by atoms with Gasteiger partial charge in [-0.15, -0.1) is 23.7 Å². The molecule has 0 saturated carbocycles. The summed E-state index contributed by atoms with van der Waals surface area (Å²) in [6, 6.07) is 9.89. The molecule has 0 aliphatic rings. The van der Waals surface area contributed by atoms with E-state index in [1.807, 2.05) is 17.5 Å². The zero-order chi connectivity index (χ0) is 18.8. The van der Waals surface area contributed by atoms with Crippen LogP contribution in [0.3, 0.4) is 0 Å². The molecule has 2 aromatic rings. The lowest BCUT2D eigenvalue weighted by Crippen LogP contribution is -2.32. The number of hydrogen-bond donors (Lipinski definition) is 3. The lowest BCUT2D eigenvalue weighted by atomic mass is 10.2. The highest BCUT2D eigenvalue weighted by molar-refractivity contribution is 7.89. The zero-order valence-corrected chi connectivity index (χ0v) is 17.7. The van der Waals surface area contributed by atoms with E-state index < -0.39 is 10.0 Å².